The van der Waals surface area contributed by atoms with Crippen molar-refractivity contribution in [1.29, 1.82) is 0 Å². The van der Waals surface area contributed by atoms with Crippen molar-refractivity contribution < 1.29 is 31.5 Å². The van der Waals surface area contributed by atoms with Crippen LogP contribution in [0.2, 0.25) is 0 Å². The third-order valence-electron chi connectivity index (χ3n) is 3.68. The normalized spacial score (nSPS) is 12.5. The van der Waals surface area contributed by atoms with Gasteiger partial charge >= 0.3 is 12.1 Å². The van der Waals surface area contributed by atoms with E-state index in [1.165, 1.54) is 44.4 Å². The van der Waals surface area contributed by atoms with Crippen LogP contribution in [0, 0.1) is 0 Å². The number of carbonyl (C=O) groups is 1. The molecule has 0 saturated heterocycles. The molecule has 140 valence electrons. The molecule has 2 rings (SSSR count). The Hall–Kier alpha value is -2.39. The molecule has 2 aromatic carbocycles. The predicted octanol–water partition coefficient (Wildman–Crippen LogP) is 3.99. The number of hydrogen-bond acceptors (Lipinski definition) is 4. The molecule has 0 aromatic heterocycles. The molecule has 0 amide bonds. The quantitative estimate of drug-likeness (QED) is 0.576. The van der Waals surface area contributed by atoms with Gasteiger partial charge in [0, 0.05) is 0 Å². The molecule has 0 N–H and O–H groups in total. The van der Waals surface area contributed by atoms with E-state index in [2.05, 4.69) is 4.74 Å². The highest BCUT2D eigenvalue weighted by Crippen LogP contribution is 2.39. The van der Waals surface area contributed by atoms with E-state index in [0.717, 1.165) is 16.4 Å². The number of ether oxygens (including phenoxy) is 1. The Bertz CT molecular complexity index is 839. The van der Waals surface area contributed by atoms with Crippen LogP contribution in [0.4, 0.5) is 24.5 Å². The summed E-state index contributed by atoms with van der Waals surface area (Å²) in [5.41, 5.74) is -1.09. The number of alkyl halides is 3. The highest BCUT2D eigenvalue weighted by molar-refractivity contribution is 7.81. The summed E-state index contributed by atoms with van der Waals surface area (Å²) < 4.78 is 68.7. The molecule has 0 aliphatic rings. The first kappa shape index (κ1) is 19.9. The second-order valence-electron chi connectivity index (χ2n) is 5.21. The molecule has 0 heterocycles. The lowest BCUT2D eigenvalue weighted by Gasteiger charge is -2.30. The average molecular weight is 386 g/mol. The molecule has 0 aliphatic carbocycles. The highest BCUT2D eigenvalue weighted by Gasteiger charge is 2.34. The van der Waals surface area contributed by atoms with Gasteiger partial charge in [-0.25, -0.2) is 4.79 Å². The number of nitrogens with zero attached hydrogens (tertiary/aromatic N) is 1. The van der Waals surface area contributed by atoms with Gasteiger partial charge in [0.1, 0.15) is 0 Å². The molecule has 0 radical (unpaired) electrons. The number of halogens is 3. The van der Waals surface area contributed by atoms with Crippen molar-refractivity contribution in [2.45, 2.75) is 19.5 Å². The Kier molecular flexibility index (Phi) is 6.04. The summed E-state index contributed by atoms with van der Waals surface area (Å²) >= 11 is -2.91. The standard InChI is InChI=1S/C17H16F3NO4S/c1-3-13-14(17(18,19)20)8-5-9-15(13)21(26(23)24)12-7-4-6-11(10-12)16(22)25-2/h4-10H,3H2,1-2H3,(H,23,24)/p-1. The first-order chi connectivity index (χ1) is 12.2. The number of anilines is 2. The first-order valence-electron chi connectivity index (χ1n) is 7.47. The zero-order valence-corrected chi connectivity index (χ0v) is 14.7. The fraction of sp³-hybridized carbons (Fsp3) is 0.235. The zero-order valence-electron chi connectivity index (χ0n) is 13.9. The van der Waals surface area contributed by atoms with Crippen molar-refractivity contribution in [3.63, 3.8) is 0 Å². The van der Waals surface area contributed by atoms with Gasteiger partial charge in [-0.1, -0.05) is 19.1 Å². The van der Waals surface area contributed by atoms with Gasteiger partial charge in [0.2, 0.25) is 0 Å². The third-order valence-corrected chi connectivity index (χ3v) is 4.39. The fourth-order valence-electron chi connectivity index (χ4n) is 2.58. The van der Waals surface area contributed by atoms with Crippen LogP contribution in [0.25, 0.3) is 0 Å². The molecule has 26 heavy (non-hydrogen) atoms. The Morgan fingerprint density at radius 1 is 1.23 bits per heavy atom. The molecule has 5 nitrogen and oxygen atoms in total. The van der Waals surface area contributed by atoms with Crippen molar-refractivity contribution in [2.24, 2.45) is 0 Å². The monoisotopic (exact) mass is 386 g/mol. The van der Waals surface area contributed by atoms with Gasteiger partial charge in [-0.2, -0.15) is 13.2 Å². The van der Waals surface area contributed by atoms with Crippen LogP contribution in [0.5, 0.6) is 0 Å². The predicted molar refractivity (Wildman–Crippen MR) is 89.7 cm³/mol. The van der Waals surface area contributed by atoms with Crippen LogP contribution in [0.15, 0.2) is 42.5 Å². The minimum absolute atomic E-state index is 0.0234. The van der Waals surface area contributed by atoms with E-state index in [-0.39, 0.29) is 28.9 Å². The summed E-state index contributed by atoms with van der Waals surface area (Å²) in [6.45, 7) is 1.50. The summed E-state index contributed by atoms with van der Waals surface area (Å²) in [5, 5.41) is 0. The van der Waals surface area contributed by atoms with Crippen molar-refractivity contribution >= 4 is 28.6 Å². The average Bonchev–Trinajstić information content (AvgIpc) is 2.60. The second kappa shape index (κ2) is 7.88. The van der Waals surface area contributed by atoms with Crippen molar-refractivity contribution in [3.05, 3.63) is 59.2 Å². The van der Waals surface area contributed by atoms with Crippen molar-refractivity contribution in [3.8, 4) is 0 Å². The maximum atomic E-state index is 13.3. The van der Waals surface area contributed by atoms with E-state index in [9.17, 15) is 26.7 Å². The van der Waals surface area contributed by atoms with Crippen LogP contribution >= 0.6 is 0 Å². The number of methoxy groups -OCH3 is 1. The van der Waals surface area contributed by atoms with Crippen LogP contribution in [-0.4, -0.2) is 21.8 Å². The lowest BCUT2D eigenvalue weighted by Crippen LogP contribution is -2.23. The van der Waals surface area contributed by atoms with E-state index < -0.39 is 29.0 Å². The van der Waals surface area contributed by atoms with Crippen LogP contribution in [0.1, 0.15) is 28.4 Å². The molecular weight excluding hydrogens is 371 g/mol. The summed E-state index contributed by atoms with van der Waals surface area (Å²) in [6.07, 6.45) is -4.65. The number of benzene rings is 2. The lowest BCUT2D eigenvalue weighted by atomic mass is 10.0. The minimum Gasteiger partial charge on any atom is -0.755 e. The number of rotatable bonds is 5. The molecule has 0 aliphatic heterocycles. The second-order valence-corrected chi connectivity index (χ2v) is 6.01. The molecule has 0 fully saturated rings. The molecule has 0 spiro atoms. The van der Waals surface area contributed by atoms with Gasteiger partial charge in [-0.3, -0.25) is 8.51 Å². The molecule has 0 saturated carbocycles. The van der Waals surface area contributed by atoms with Gasteiger partial charge in [0.05, 0.1) is 40.9 Å². The first-order valence-corrected chi connectivity index (χ1v) is 8.50. The maximum Gasteiger partial charge on any atom is 0.416 e. The number of hydrogen-bond donors (Lipinski definition) is 0. The number of esters is 1. The molecule has 9 heteroatoms. The van der Waals surface area contributed by atoms with Crippen molar-refractivity contribution in [1.82, 2.24) is 0 Å². The lowest BCUT2D eigenvalue weighted by molar-refractivity contribution is -0.138. The van der Waals surface area contributed by atoms with Gasteiger partial charge in [0.15, 0.2) is 0 Å². The Morgan fingerprint density at radius 3 is 2.42 bits per heavy atom. The van der Waals surface area contributed by atoms with Crippen LogP contribution < -0.4 is 4.31 Å². The Labute approximate surface area is 150 Å². The summed E-state index contributed by atoms with van der Waals surface area (Å²) in [5.74, 6) is -0.691. The summed E-state index contributed by atoms with van der Waals surface area (Å²) in [6, 6.07) is 8.77. The number of carbonyl (C=O) groups excluding carboxylic acids is 1. The maximum absolute atomic E-state index is 13.3. The van der Waals surface area contributed by atoms with Gasteiger partial charge < -0.3 is 9.29 Å². The van der Waals surface area contributed by atoms with E-state index >= 15 is 0 Å². The van der Waals surface area contributed by atoms with Crippen LogP contribution in [0.3, 0.4) is 0 Å². The smallest absolute Gasteiger partial charge is 0.416 e. The van der Waals surface area contributed by atoms with Gasteiger partial charge in [-0.15, -0.1) is 0 Å². The summed E-state index contributed by atoms with van der Waals surface area (Å²) in [4.78, 5) is 11.7. The molecular formula is C17H15F3NO4S-. The Morgan fingerprint density at radius 2 is 1.88 bits per heavy atom. The SMILES string of the molecule is CCc1c(N(c2cccc(C(=O)OC)c2)S(=O)[O-])cccc1C(F)(F)F. The van der Waals surface area contributed by atoms with Gasteiger partial charge in [0.25, 0.3) is 0 Å². The van der Waals surface area contributed by atoms with Crippen LogP contribution in [-0.2, 0) is 28.6 Å². The minimum atomic E-state index is -4.62. The van der Waals surface area contributed by atoms with E-state index in [0.29, 0.717) is 0 Å². The van der Waals surface area contributed by atoms with E-state index in [1.807, 2.05) is 0 Å². The van der Waals surface area contributed by atoms with Gasteiger partial charge in [-0.05, 0) is 42.3 Å². The molecule has 1 unspecified atom stereocenters. The van der Waals surface area contributed by atoms with E-state index in [4.69, 9.17) is 0 Å². The third kappa shape index (κ3) is 4.05. The Balaban J connectivity index is 2.67. The zero-order chi connectivity index (χ0) is 19.5. The fourth-order valence-corrected chi connectivity index (χ4v) is 3.20. The largest absolute Gasteiger partial charge is 0.755 e. The van der Waals surface area contributed by atoms with E-state index in [1.54, 1.807) is 0 Å². The molecule has 1 atom stereocenters. The highest BCUT2D eigenvalue weighted by atomic mass is 32.2. The summed E-state index contributed by atoms with van der Waals surface area (Å²) in [7, 11) is 1.17. The molecule has 0 bridgehead atoms. The van der Waals surface area contributed by atoms with Crippen molar-refractivity contribution in [2.75, 3.05) is 11.4 Å². The molecule has 2 aromatic rings. The topological polar surface area (TPSA) is 69.7 Å².